The molecule has 3 heteroatoms. The number of alkyl halides is 1. The van der Waals surface area contributed by atoms with Crippen molar-refractivity contribution in [2.45, 2.75) is 32.6 Å². The van der Waals surface area contributed by atoms with Crippen molar-refractivity contribution >= 4 is 21.8 Å². The van der Waals surface area contributed by atoms with Gasteiger partial charge in [-0.1, -0.05) is 22.9 Å². The topological polar surface area (TPSA) is 29.1 Å². The first kappa shape index (κ1) is 10.0. The first-order valence-electron chi connectivity index (χ1n) is 4.55. The number of carbonyl (C=O) groups is 1. The van der Waals surface area contributed by atoms with Crippen LogP contribution < -0.4 is 5.32 Å². The number of halogens is 1. The van der Waals surface area contributed by atoms with Gasteiger partial charge in [0.05, 0.1) is 0 Å². The lowest BCUT2D eigenvalue weighted by Crippen LogP contribution is -2.29. The minimum absolute atomic E-state index is 0.177. The van der Waals surface area contributed by atoms with E-state index in [9.17, 15) is 4.79 Å². The molecule has 0 radical (unpaired) electrons. The normalized spacial score (nSPS) is 18.8. The van der Waals surface area contributed by atoms with Crippen LogP contribution in [0.5, 0.6) is 0 Å². The minimum atomic E-state index is 0.177. The molecule has 1 saturated carbocycles. The van der Waals surface area contributed by atoms with Crippen molar-refractivity contribution in [2.24, 2.45) is 5.41 Å². The maximum atomic E-state index is 11.0. The van der Waals surface area contributed by atoms with Gasteiger partial charge in [0.1, 0.15) is 0 Å². The Morgan fingerprint density at radius 3 is 2.67 bits per heavy atom. The zero-order chi connectivity index (χ0) is 9.03. The second-order valence-electron chi connectivity index (χ2n) is 3.57. The van der Waals surface area contributed by atoms with E-state index in [1.807, 2.05) is 6.92 Å². The first-order chi connectivity index (χ1) is 5.72. The highest BCUT2D eigenvalue weighted by Gasteiger charge is 2.41. The molecule has 1 aliphatic carbocycles. The van der Waals surface area contributed by atoms with E-state index in [4.69, 9.17) is 0 Å². The molecule has 0 aromatic heterocycles. The van der Waals surface area contributed by atoms with Crippen LogP contribution in [0.15, 0.2) is 0 Å². The SMILES string of the molecule is CCC(=O)NCC1(CCBr)CC1. The van der Waals surface area contributed by atoms with E-state index in [1.54, 1.807) is 0 Å². The van der Waals surface area contributed by atoms with Gasteiger partial charge in [0.15, 0.2) is 0 Å². The summed E-state index contributed by atoms with van der Waals surface area (Å²) in [4.78, 5) is 11.0. The summed E-state index contributed by atoms with van der Waals surface area (Å²) in [5.74, 6) is 0.177. The molecule has 0 aromatic rings. The number of rotatable bonds is 5. The van der Waals surface area contributed by atoms with E-state index < -0.39 is 0 Å². The maximum absolute atomic E-state index is 11.0. The summed E-state index contributed by atoms with van der Waals surface area (Å²) in [6.45, 7) is 2.77. The third kappa shape index (κ3) is 2.77. The van der Waals surface area contributed by atoms with Crippen molar-refractivity contribution in [1.29, 1.82) is 0 Å². The molecular weight excluding hydrogens is 218 g/mol. The Morgan fingerprint density at radius 2 is 2.25 bits per heavy atom. The van der Waals surface area contributed by atoms with Crippen LogP contribution in [0, 0.1) is 5.41 Å². The van der Waals surface area contributed by atoms with Crippen molar-refractivity contribution in [3.8, 4) is 0 Å². The molecule has 1 N–H and O–H groups in total. The van der Waals surface area contributed by atoms with E-state index >= 15 is 0 Å². The van der Waals surface area contributed by atoms with Crippen molar-refractivity contribution in [3.05, 3.63) is 0 Å². The first-order valence-corrected chi connectivity index (χ1v) is 5.67. The second kappa shape index (κ2) is 4.26. The largest absolute Gasteiger partial charge is 0.356 e. The van der Waals surface area contributed by atoms with Crippen molar-refractivity contribution in [2.75, 3.05) is 11.9 Å². The van der Waals surface area contributed by atoms with Gasteiger partial charge in [-0.3, -0.25) is 4.79 Å². The number of carbonyl (C=O) groups excluding carboxylic acids is 1. The quantitative estimate of drug-likeness (QED) is 0.725. The predicted octanol–water partition coefficient (Wildman–Crippen LogP) is 2.08. The predicted molar refractivity (Wildman–Crippen MR) is 53.4 cm³/mol. The lowest BCUT2D eigenvalue weighted by atomic mass is 10.0. The van der Waals surface area contributed by atoms with Gasteiger partial charge in [-0.15, -0.1) is 0 Å². The third-order valence-corrected chi connectivity index (χ3v) is 2.96. The summed E-state index contributed by atoms with van der Waals surface area (Å²) in [5.41, 5.74) is 0.453. The molecule has 1 amide bonds. The van der Waals surface area contributed by atoms with E-state index in [1.165, 1.54) is 19.3 Å². The fraction of sp³-hybridized carbons (Fsp3) is 0.889. The minimum Gasteiger partial charge on any atom is -0.356 e. The van der Waals surface area contributed by atoms with Crippen LogP contribution in [0.25, 0.3) is 0 Å². The Kier molecular flexibility index (Phi) is 3.56. The van der Waals surface area contributed by atoms with Crippen molar-refractivity contribution in [1.82, 2.24) is 5.32 Å². The number of hydrogen-bond donors (Lipinski definition) is 1. The lowest BCUT2D eigenvalue weighted by molar-refractivity contribution is -0.121. The monoisotopic (exact) mass is 233 g/mol. The highest BCUT2D eigenvalue weighted by molar-refractivity contribution is 9.09. The standard InChI is InChI=1S/C9H16BrNO/c1-2-8(12)11-7-9(3-4-9)5-6-10/h2-7H2,1H3,(H,11,12). The molecule has 0 unspecified atom stereocenters. The smallest absolute Gasteiger partial charge is 0.219 e. The Hall–Kier alpha value is -0.0500. The average molecular weight is 234 g/mol. The van der Waals surface area contributed by atoms with E-state index in [0.29, 0.717) is 11.8 Å². The molecule has 70 valence electrons. The van der Waals surface area contributed by atoms with Gasteiger partial charge in [0.25, 0.3) is 0 Å². The average Bonchev–Trinajstić information content (AvgIpc) is 2.82. The van der Waals surface area contributed by atoms with Crippen molar-refractivity contribution < 1.29 is 4.79 Å². The highest BCUT2D eigenvalue weighted by Crippen LogP contribution is 2.48. The molecule has 12 heavy (non-hydrogen) atoms. The van der Waals surface area contributed by atoms with E-state index in [2.05, 4.69) is 21.2 Å². The summed E-state index contributed by atoms with van der Waals surface area (Å²) in [5, 5.41) is 4.01. The summed E-state index contributed by atoms with van der Waals surface area (Å²) >= 11 is 3.44. The fourth-order valence-electron chi connectivity index (χ4n) is 1.30. The zero-order valence-electron chi connectivity index (χ0n) is 7.53. The number of nitrogens with one attached hydrogen (secondary N) is 1. The van der Waals surface area contributed by atoms with Gasteiger partial charge in [-0.05, 0) is 24.7 Å². The Bertz CT molecular complexity index is 166. The zero-order valence-corrected chi connectivity index (χ0v) is 9.11. The molecule has 0 saturated heterocycles. The molecule has 0 bridgehead atoms. The number of amides is 1. The third-order valence-electron chi connectivity index (χ3n) is 2.56. The van der Waals surface area contributed by atoms with E-state index in [-0.39, 0.29) is 5.91 Å². The summed E-state index contributed by atoms with van der Waals surface area (Å²) in [6, 6.07) is 0. The Labute approximate surface area is 82.2 Å². The molecule has 0 aromatic carbocycles. The molecular formula is C9H16BrNO. The summed E-state index contributed by atoms with van der Waals surface area (Å²) in [6.07, 6.45) is 4.35. The van der Waals surface area contributed by atoms with Gasteiger partial charge < -0.3 is 5.32 Å². The molecule has 2 nitrogen and oxygen atoms in total. The molecule has 0 aliphatic heterocycles. The van der Waals surface area contributed by atoms with Gasteiger partial charge in [0.2, 0.25) is 5.91 Å². The molecule has 0 atom stereocenters. The van der Waals surface area contributed by atoms with Crippen LogP contribution in [0.2, 0.25) is 0 Å². The van der Waals surface area contributed by atoms with Crippen molar-refractivity contribution in [3.63, 3.8) is 0 Å². The molecule has 1 rings (SSSR count). The molecule has 0 spiro atoms. The highest BCUT2D eigenvalue weighted by atomic mass is 79.9. The number of hydrogen-bond acceptors (Lipinski definition) is 1. The van der Waals surface area contributed by atoms with Crippen LogP contribution in [0.1, 0.15) is 32.6 Å². The van der Waals surface area contributed by atoms with Crippen LogP contribution in [0.4, 0.5) is 0 Å². The van der Waals surface area contributed by atoms with Crippen LogP contribution >= 0.6 is 15.9 Å². The summed E-state index contributed by atoms with van der Waals surface area (Å²) in [7, 11) is 0. The Morgan fingerprint density at radius 1 is 1.58 bits per heavy atom. The van der Waals surface area contributed by atoms with Gasteiger partial charge >= 0.3 is 0 Å². The second-order valence-corrected chi connectivity index (χ2v) is 4.36. The lowest BCUT2D eigenvalue weighted by Gasteiger charge is -2.13. The van der Waals surface area contributed by atoms with E-state index in [0.717, 1.165) is 11.9 Å². The van der Waals surface area contributed by atoms with Crippen LogP contribution in [0.3, 0.4) is 0 Å². The Balaban J connectivity index is 2.17. The van der Waals surface area contributed by atoms with Gasteiger partial charge in [-0.2, -0.15) is 0 Å². The fourth-order valence-corrected chi connectivity index (χ4v) is 2.14. The van der Waals surface area contributed by atoms with Crippen LogP contribution in [-0.2, 0) is 4.79 Å². The van der Waals surface area contributed by atoms with Gasteiger partial charge in [0, 0.05) is 18.3 Å². The molecule has 1 aliphatic rings. The van der Waals surface area contributed by atoms with Crippen LogP contribution in [-0.4, -0.2) is 17.8 Å². The molecule has 1 fully saturated rings. The summed E-state index contributed by atoms with van der Waals surface area (Å²) < 4.78 is 0. The maximum Gasteiger partial charge on any atom is 0.219 e. The molecule has 0 heterocycles. The van der Waals surface area contributed by atoms with Gasteiger partial charge in [-0.25, -0.2) is 0 Å².